The van der Waals surface area contributed by atoms with Crippen molar-refractivity contribution in [2.75, 3.05) is 19.8 Å². The first-order chi connectivity index (χ1) is 37.2. The Bertz CT molecular complexity index is 1490. The number of esters is 1. The van der Waals surface area contributed by atoms with E-state index in [2.05, 4.69) is 79.9 Å². The van der Waals surface area contributed by atoms with Crippen molar-refractivity contribution < 1.29 is 49.3 Å². The van der Waals surface area contributed by atoms with Crippen molar-refractivity contribution in [2.45, 2.75) is 307 Å². The molecular formula is C65H115NO10. The van der Waals surface area contributed by atoms with E-state index >= 15 is 0 Å². The van der Waals surface area contributed by atoms with Crippen molar-refractivity contribution in [3.8, 4) is 0 Å². The second-order valence-electron chi connectivity index (χ2n) is 21.3. The fourth-order valence-electron chi connectivity index (χ4n) is 9.31. The van der Waals surface area contributed by atoms with E-state index in [1.165, 1.54) is 148 Å². The van der Waals surface area contributed by atoms with E-state index in [1.54, 1.807) is 6.08 Å². The summed E-state index contributed by atoms with van der Waals surface area (Å²) in [6.45, 7) is 4.15. The number of aliphatic hydroxyl groups is 5. The van der Waals surface area contributed by atoms with E-state index in [0.717, 1.165) is 89.9 Å². The highest BCUT2D eigenvalue weighted by Gasteiger charge is 2.44. The second kappa shape index (κ2) is 54.1. The maximum Gasteiger partial charge on any atom is 0.305 e. The van der Waals surface area contributed by atoms with Crippen molar-refractivity contribution in [2.24, 2.45) is 0 Å². The lowest BCUT2D eigenvalue weighted by Crippen LogP contribution is -2.60. The van der Waals surface area contributed by atoms with Gasteiger partial charge in [0.2, 0.25) is 5.91 Å². The van der Waals surface area contributed by atoms with Gasteiger partial charge in [-0.2, -0.15) is 0 Å². The zero-order chi connectivity index (χ0) is 55.2. The number of aliphatic hydroxyl groups excluding tert-OH is 5. The van der Waals surface area contributed by atoms with Gasteiger partial charge < -0.3 is 45.1 Å². The van der Waals surface area contributed by atoms with Crippen molar-refractivity contribution in [1.29, 1.82) is 0 Å². The molecule has 11 heteroatoms. The minimum Gasteiger partial charge on any atom is -0.466 e. The van der Waals surface area contributed by atoms with E-state index in [4.69, 9.17) is 14.2 Å². The lowest BCUT2D eigenvalue weighted by atomic mass is 9.99. The van der Waals surface area contributed by atoms with Crippen LogP contribution in [0, 0.1) is 0 Å². The highest BCUT2D eigenvalue weighted by atomic mass is 16.7. The lowest BCUT2D eigenvalue weighted by molar-refractivity contribution is -0.302. The van der Waals surface area contributed by atoms with Crippen LogP contribution >= 0.6 is 0 Å². The van der Waals surface area contributed by atoms with Crippen LogP contribution in [-0.4, -0.2) is 100 Å². The third kappa shape index (κ3) is 43.0. The molecule has 440 valence electrons. The number of hydrogen-bond acceptors (Lipinski definition) is 10. The third-order valence-corrected chi connectivity index (χ3v) is 14.3. The maximum atomic E-state index is 13.0. The summed E-state index contributed by atoms with van der Waals surface area (Å²) in [5.74, 6) is -0.215. The number of hydrogen-bond donors (Lipinski definition) is 6. The molecule has 11 nitrogen and oxygen atoms in total. The first-order valence-electron chi connectivity index (χ1n) is 31.2. The van der Waals surface area contributed by atoms with Crippen LogP contribution in [0.2, 0.25) is 0 Å². The summed E-state index contributed by atoms with van der Waals surface area (Å²) in [6.07, 6.45) is 61.7. The van der Waals surface area contributed by atoms with Crippen LogP contribution in [0.4, 0.5) is 0 Å². The number of ether oxygens (including phenoxy) is 3. The van der Waals surface area contributed by atoms with Gasteiger partial charge in [0.25, 0.3) is 0 Å². The molecule has 1 saturated heterocycles. The molecule has 0 aromatic rings. The van der Waals surface area contributed by atoms with Crippen LogP contribution in [0.1, 0.15) is 264 Å². The number of amides is 1. The van der Waals surface area contributed by atoms with Crippen LogP contribution in [-0.2, 0) is 23.8 Å². The van der Waals surface area contributed by atoms with Crippen molar-refractivity contribution >= 4 is 11.9 Å². The number of allylic oxidation sites excluding steroid dienone is 11. The highest BCUT2D eigenvalue weighted by Crippen LogP contribution is 2.23. The minimum atomic E-state index is -1.58. The Kier molecular flexibility index (Phi) is 50.6. The Balaban J connectivity index is 2.02. The SMILES string of the molecule is CC/C=C/CC/C=C/CC/C=C/C(O)C(COC1OC(CO)C(O)C(O)C1O)NC(=O)CCCCCCCCCCCCC/C=C\C/C=C\CCCCCCCCCCCOC(=O)CCCCCCC/C=C\CCCC. The Morgan fingerprint density at radius 2 is 0.934 bits per heavy atom. The normalized spacial score (nSPS) is 19.2. The van der Waals surface area contributed by atoms with Crippen LogP contribution < -0.4 is 5.32 Å². The van der Waals surface area contributed by atoms with E-state index in [-0.39, 0.29) is 18.5 Å². The van der Waals surface area contributed by atoms with Gasteiger partial charge in [0.15, 0.2) is 6.29 Å². The number of unbranched alkanes of at least 4 members (excludes halogenated alkanes) is 29. The maximum absolute atomic E-state index is 13.0. The predicted octanol–water partition coefficient (Wildman–Crippen LogP) is 14.8. The van der Waals surface area contributed by atoms with Gasteiger partial charge in [-0.1, -0.05) is 222 Å². The number of nitrogens with one attached hydrogen (secondary N) is 1. The predicted molar refractivity (Wildman–Crippen MR) is 315 cm³/mol. The van der Waals surface area contributed by atoms with Crippen molar-refractivity contribution in [1.82, 2.24) is 5.32 Å². The molecule has 1 aliphatic heterocycles. The zero-order valence-electron chi connectivity index (χ0n) is 48.4. The first kappa shape index (κ1) is 71.1. The summed E-state index contributed by atoms with van der Waals surface area (Å²) >= 11 is 0. The van der Waals surface area contributed by atoms with Crippen LogP contribution in [0.15, 0.2) is 72.9 Å². The number of rotatable bonds is 53. The van der Waals surface area contributed by atoms with Crippen LogP contribution in [0.3, 0.4) is 0 Å². The second-order valence-corrected chi connectivity index (χ2v) is 21.3. The number of carbonyl (C=O) groups excluding carboxylic acids is 2. The average Bonchev–Trinajstić information content (AvgIpc) is 3.42. The van der Waals surface area contributed by atoms with Gasteiger partial charge in [0.05, 0.1) is 32.0 Å². The Hall–Kier alpha value is -2.90. The molecule has 1 fully saturated rings. The third-order valence-electron chi connectivity index (χ3n) is 14.3. The molecule has 0 bridgehead atoms. The summed E-state index contributed by atoms with van der Waals surface area (Å²) in [4.78, 5) is 25.0. The van der Waals surface area contributed by atoms with Crippen LogP contribution in [0.5, 0.6) is 0 Å². The molecule has 7 unspecified atom stereocenters. The van der Waals surface area contributed by atoms with Gasteiger partial charge in [-0.25, -0.2) is 0 Å². The van der Waals surface area contributed by atoms with Crippen LogP contribution in [0.25, 0.3) is 0 Å². The molecular weight excluding hydrogens is 955 g/mol. The number of carbonyl (C=O) groups is 2. The zero-order valence-corrected chi connectivity index (χ0v) is 48.4. The Labute approximate surface area is 464 Å². The summed E-state index contributed by atoms with van der Waals surface area (Å²) < 4.78 is 16.6. The standard InChI is InChI=1S/C65H115NO10/c1-3-5-7-9-11-13-32-37-41-45-49-53-61(70)74-54-50-46-42-38-34-31-29-27-25-23-21-19-17-15-16-18-20-22-24-26-28-30-33-36-40-44-48-52-60(69)66-57(56-75-65-64(73)63(72)62(71)59(55-67)76-65)58(68)51-47-43-39-35-14-12-10-8-6-4-2/h6,8-9,11,14-16,19,21,35,47,51,57-59,62-65,67-68,71-73H,3-5,7,10,12-13,17-18,20,22-34,36-46,48-50,52-56H2,1-2H3,(H,66,69)/b8-6+,11-9-,16-15-,21-19-,35-14+,51-47+. The smallest absolute Gasteiger partial charge is 0.305 e. The van der Waals surface area contributed by atoms with Gasteiger partial charge >= 0.3 is 5.97 Å². The first-order valence-corrected chi connectivity index (χ1v) is 31.2. The van der Waals surface area contributed by atoms with E-state index < -0.39 is 49.5 Å². The van der Waals surface area contributed by atoms with E-state index in [0.29, 0.717) is 19.4 Å². The van der Waals surface area contributed by atoms with Gasteiger partial charge in [-0.3, -0.25) is 9.59 Å². The fraction of sp³-hybridized carbons (Fsp3) is 0.785. The summed E-state index contributed by atoms with van der Waals surface area (Å²) in [6, 6.07) is -0.837. The molecule has 0 spiro atoms. The molecule has 0 aliphatic carbocycles. The quantitative estimate of drug-likeness (QED) is 0.0195. The molecule has 1 aliphatic rings. The Morgan fingerprint density at radius 3 is 1.45 bits per heavy atom. The lowest BCUT2D eigenvalue weighted by Gasteiger charge is -2.40. The summed E-state index contributed by atoms with van der Waals surface area (Å²) in [5, 5.41) is 54.2. The topological polar surface area (TPSA) is 175 Å². The van der Waals surface area contributed by atoms with E-state index in [9.17, 15) is 35.1 Å². The summed E-state index contributed by atoms with van der Waals surface area (Å²) in [7, 11) is 0. The molecule has 0 aromatic heterocycles. The molecule has 7 atom stereocenters. The molecule has 76 heavy (non-hydrogen) atoms. The Morgan fingerprint density at radius 1 is 0.500 bits per heavy atom. The molecule has 0 radical (unpaired) electrons. The monoisotopic (exact) mass is 1070 g/mol. The molecule has 0 aromatic carbocycles. The van der Waals surface area contributed by atoms with Crippen molar-refractivity contribution in [3.63, 3.8) is 0 Å². The van der Waals surface area contributed by atoms with E-state index in [1.807, 2.05) is 6.08 Å². The minimum absolute atomic E-state index is 0.0116. The molecule has 0 saturated carbocycles. The molecule has 1 heterocycles. The summed E-state index contributed by atoms with van der Waals surface area (Å²) in [5.41, 5.74) is 0. The van der Waals surface area contributed by atoms with Gasteiger partial charge in [-0.05, 0) is 103 Å². The largest absolute Gasteiger partial charge is 0.466 e. The van der Waals surface area contributed by atoms with Crippen molar-refractivity contribution in [3.05, 3.63) is 72.9 Å². The average molecular weight is 1070 g/mol. The van der Waals surface area contributed by atoms with Gasteiger partial charge in [0, 0.05) is 12.8 Å². The molecule has 1 amide bonds. The van der Waals surface area contributed by atoms with Gasteiger partial charge in [-0.15, -0.1) is 0 Å². The molecule has 6 N–H and O–H groups in total. The van der Waals surface area contributed by atoms with Gasteiger partial charge in [0.1, 0.15) is 24.4 Å². The molecule has 1 rings (SSSR count). The highest BCUT2D eigenvalue weighted by molar-refractivity contribution is 5.76. The fourth-order valence-corrected chi connectivity index (χ4v) is 9.31.